The van der Waals surface area contributed by atoms with Gasteiger partial charge in [-0.15, -0.1) is 0 Å². The van der Waals surface area contributed by atoms with Crippen LogP contribution < -0.4 is 0 Å². The highest BCUT2D eigenvalue weighted by Gasteiger charge is 2.34. The van der Waals surface area contributed by atoms with E-state index in [0.717, 1.165) is 0 Å². The number of rotatable bonds is 42. The van der Waals surface area contributed by atoms with Gasteiger partial charge in [0, 0.05) is 7.26 Å². The third kappa shape index (κ3) is 36.0. The zero-order chi connectivity index (χ0) is 34.2. The van der Waals surface area contributed by atoms with Crippen molar-refractivity contribution in [3.05, 3.63) is 0 Å². The fourth-order valence-corrected chi connectivity index (χ4v) is 13.0. The Kier molecular flexibility index (Phi) is 41.2. The maximum Gasteiger partial charge on any atom is 0.0594 e. The second-order valence-corrected chi connectivity index (χ2v) is 20.7. The Hall–Kier alpha value is 0.430. The van der Waals surface area contributed by atoms with Crippen molar-refractivity contribution in [3.8, 4) is 0 Å². The van der Waals surface area contributed by atoms with Crippen LogP contribution in [-0.2, 0) is 0 Å². The van der Waals surface area contributed by atoms with Gasteiger partial charge < -0.3 is 0 Å². The number of unbranched alkanes of at least 4 members (excludes halogenated alkanes) is 34. The van der Waals surface area contributed by atoms with Crippen molar-refractivity contribution in [2.75, 3.05) is 24.6 Å². The smallest absolute Gasteiger partial charge is 0.0594 e. The van der Waals surface area contributed by atoms with E-state index < -0.39 is 7.26 Å². The number of hydrogen-bond acceptors (Lipinski definition) is 0. The van der Waals surface area contributed by atoms with Gasteiger partial charge in [-0.25, -0.2) is 0 Å². The topological polar surface area (TPSA) is 0 Å². The fourth-order valence-electron chi connectivity index (χ4n) is 8.06. The van der Waals surface area contributed by atoms with E-state index in [1.807, 2.05) is 0 Å². The number of hydrogen-bond donors (Lipinski definition) is 0. The lowest BCUT2D eigenvalue weighted by Crippen LogP contribution is -2.13. The highest BCUT2D eigenvalue weighted by molar-refractivity contribution is 7.75. The maximum absolute atomic E-state index is 2.41. The molecule has 0 bridgehead atoms. The van der Waals surface area contributed by atoms with E-state index in [9.17, 15) is 0 Å². The van der Waals surface area contributed by atoms with Crippen LogP contribution in [0.1, 0.15) is 272 Å². The second kappa shape index (κ2) is 40.9. The summed E-state index contributed by atoms with van der Waals surface area (Å²) < 4.78 is 0. The minimum atomic E-state index is -0.732. The van der Waals surface area contributed by atoms with Crippen LogP contribution in [0.2, 0.25) is 0 Å². The molecule has 0 amide bonds. The molecular weight excluding hydrogens is 583 g/mol. The maximum atomic E-state index is 2.41. The molecule has 1 heteroatoms. The van der Waals surface area contributed by atoms with Crippen molar-refractivity contribution < 1.29 is 0 Å². The lowest BCUT2D eigenvalue weighted by atomic mass is 10.0. The Morgan fingerprint density at radius 1 is 0.170 bits per heavy atom. The molecular formula is C46H96P+. The molecule has 0 aromatic rings. The van der Waals surface area contributed by atoms with Crippen LogP contribution in [-0.4, -0.2) is 24.6 Å². The molecule has 0 heterocycles. The van der Waals surface area contributed by atoms with Gasteiger partial charge in [0.25, 0.3) is 0 Å². The van der Waals surface area contributed by atoms with E-state index >= 15 is 0 Å². The zero-order valence-corrected chi connectivity index (χ0v) is 35.0. The van der Waals surface area contributed by atoms with Gasteiger partial charge in [0.2, 0.25) is 0 Å². The van der Waals surface area contributed by atoms with E-state index in [2.05, 4.69) is 27.7 Å². The summed E-state index contributed by atoms with van der Waals surface area (Å²) in [7, 11) is -0.732. The van der Waals surface area contributed by atoms with Crippen molar-refractivity contribution in [1.29, 1.82) is 0 Å². The van der Waals surface area contributed by atoms with Crippen molar-refractivity contribution in [3.63, 3.8) is 0 Å². The molecule has 0 saturated heterocycles. The Morgan fingerprint density at radius 2 is 0.298 bits per heavy atom. The highest BCUT2D eigenvalue weighted by atomic mass is 31.2. The molecule has 0 fully saturated rings. The second-order valence-electron chi connectivity index (χ2n) is 16.3. The average Bonchev–Trinajstić information content (AvgIpc) is 3.08. The summed E-state index contributed by atoms with van der Waals surface area (Å²) in [4.78, 5) is 0. The lowest BCUT2D eigenvalue weighted by molar-refractivity contribution is 0.531. The molecule has 0 N–H and O–H groups in total. The van der Waals surface area contributed by atoms with Gasteiger partial charge in [0.05, 0.1) is 24.6 Å². The van der Waals surface area contributed by atoms with Crippen LogP contribution in [0, 0.1) is 0 Å². The molecule has 0 saturated carbocycles. The molecule has 47 heavy (non-hydrogen) atoms. The summed E-state index contributed by atoms with van der Waals surface area (Å²) in [5.41, 5.74) is 0. The highest BCUT2D eigenvalue weighted by Crippen LogP contribution is 2.61. The van der Waals surface area contributed by atoms with Crippen LogP contribution in [0.5, 0.6) is 0 Å². The van der Waals surface area contributed by atoms with Gasteiger partial charge in [0.15, 0.2) is 0 Å². The van der Waals surface area contributed by atoms with E-state index in [1.54, 1.807) is 37.5 Å². The van der Waals surface area contributed by atoms with Crippen LogP contribution >= 0.6 is 7.26 Å². The molecule has 0 aromatic carbocycles. The van der Waals surface area contributed by atoms with Gasteiger partial charge in [-0.2, -0.15) is 0 Å². The van der Waals surface area contributed by atoms with Gasteiger partial charge in [-0.05, 0) is 38.5 Å². The van der Waals surface area contributed by atoms with Gasteiger partial charge >= 0.3 is 0 Å². The van der Waals surface area contributed by atoms with Crippen molar-refractivity contribution in [2.24, 2.45) is 0 Å². The van der Waals surface area contributed by atoms with Gasteiger partial charge in [-0.3, -0.25) is 0 Å². The molecule has 284 valence electrons. The first kappa shape index (κ1) is 47.4. The average molecular weight is 680 g/mol. The van der Waals surface area contributed by atoms with Crippen molar-refractivity contribution >= 4 is 7.26 Å². The minimum absolute atomic E-state index is 0.732. The molecule has 0 aromatic heterocycles. The lowest BCUT2D eigenvalue weighted by Gasteiger charge is -2.28. The summed E-state index contributed by atoms with van der Waals surface area (Å²) in [6.07, 6.45) is 63.1. The normalized spacial score (nSPS) is 12.0. The first-order valence-corrected chi connectivity index (χ1v) is 25.6. The molecule has 0 radical (unpaired) electrons. The van der Waals surface area contributed by atoms with Gasteiger partial charge in [-0.1, -0.05) is 233 Å². The summed E-state index contributed by atoms with van der Waals surface area (Å²) in [5, 5.41) is 0. The zero-order valence-electron chi connectivity index (χ0n) is 34.1. The Bertz CT molecular complexity index is 493. The standard InChI is InChI=1S/C46H96P/c1-5-9-13-15-17-19-21-23-25-27-29-31-33-35-37-41-45-47(43-39-11-7-3,44-40-12-8-4)46-42-38-36-34-32-30-28-26-24-22-20-18-16-14-10-6-2/h5-46H2,1-4H3/q+1. The van der Waals surface area contributed by atoms with Crippen LogP contribution in [0.4, 0.5) is 0 Å². The Balaban J connectivity index is 4.09. The van der Waals surface area contributed by atoms with Crippen LogP contribution in [0.15, 0.2) is 0 Å². The summed E-state index contributed by atoms with van der Waals surface area (Å²) in [6.45, 7) is 9.45. The molecule has 0 spiro atoms. The van der Waals surface area contributed by atoms with Gasteiger partial charge in [0.1, 0.15) is 0 Å². The third-order valence-electron chi connectivity index (χ3n) is 11.4. The predicted molar refractivity (Wildman–Crippen MR) is 225 cm³/mol. The van der Waals surface area contributed by atoms with Crippen molar-refractivity contribution in [2.45, 2.75) is 272 Å². The fraction of sp³-hybridized carbons (Fsp3) is 1.00. The molecule has 0 atom stereocenters. The Morgan fingerprint density at radius 3 is 0.489 bits per heavy atom. The SMILES string of the molecule is CCCCCCCCCCCCCCCCCC[P+](CCCCC)(CCCCC)CCCCCCCCCCCCCCCCCC. The van der Waals surface area contributed by atoms with Crippen LogP contribution in [0.3, 0.4) is 0 Å². The molecule has 0 aliphatic heterocycles. The summed E-state index contributed by atoms with van der Waals surface area (Å²) >= 11 is 0. The summed E-state index contributed by atoms with van der Waals surface area (Å²) in [5.74, 6) is 0. The van der Waals surface area contributed by atoms with Crippen LogP contribution in [0.25, 0.3) is 0 Å². The third-order valence-corrected chi connectivity index (χ3v) is 16.5. The minimum Gasteiger partial charge on any atom is -0.0654 e. The van der Waals surface area contributed by atoms with E-state index in [4.69, 9.17) is 0 Å². The molecule has 0 rings (SSSR count). The van der Waals surface area contributed by atoms with Crippen molar-refractivity contribution in [1.82, 2.24) is 0 Å². The largest absolute Gasteiger partial charge is 0.0654 e. The first-order valence-electron chi connectivity index (χ1n) is 23.1. The Labute approximate surface area is 302 Å². The summed E-state index contributed by atoms with van der Waals surface area (Å²) in [6, 6.07) is 0. The van der Waals surface area contributed by atoms with E-state index in [0.29, 0.717) is 0 Å². The monoisotopic (exact) mass is 680 g/mol. The van der Waals surface area contributed by atoms with E-state index in [1.165, 1.54) is 231 Å². The molecule has 0 aliphatic rings. The molecule has 0 aliphatic carbocycles. The first-order chi connectivity index (χ1) is 23.2. The molecule has 0 unspecified atom stereocenters. The van der Waals surface area contributed by atoms with E-state index in [-0.39, 0.29) is 0 Å². The predicted octanol–water partition coefficient (Wildman–Crippen LogP) is 17.9. The molecule has 0 nitrogen and oxygen atoms in total. The quantitative estimate of drug-likeness (QED) is 0.0445.